The summed E-state index contributed by atoms with van der Waals surface area (Å²) in [7, 11) is 0. The quantitative estimate of drug-likeness (QED) is 0.458. The molecule has 0 nitrogen and oxygen atoms in total. The van der Waals surface area contributed by atoms with Crippen LogP contribution in [0.15, 0.2) is 0 Å². The van der Waals surface area contributed by atoms with E-state index in [1.54, 1.807) is 57.8 Å². The Bertz CT molecular complexity index is 200. The van der Waals surface area contributed by atoms with Gasteiger partial charge in [0.05, 0.1) is 0 Å². The van der Waals surface area contributed by atoms with Gasteiger partial charge in [-0.1, -0.05) is 66.7 Å². The van der Waals surface area contributed by atoms with Crippen molar-refractivity contribution in [2.75, 3.05) is 0 Å². The zero-order valence-electron chi connectivity index (χ0n) is 14.3. The Kier molecular flexibility index (Phi) is 8.11. The van der Waals surface area contributed by atoms with Crippen LogP contribution in [-0.4, -0.2) is 0 Å². The van der Waals surface area contributed by atoms with Gasteiger partial charge in [-0.2, -0.15) is 0 Å². The molecule has 0 aromatic carbocycles. The molecule has 3 unspecified atom stereocenters. The van der Waals surface area contributed by atoms with E-state index in [1.807, 2.05) is 27.7 Å². The molecule has 0 spiro atoms. The Labute approximate surface area is 122 Å². The smallest absolute Gasteiger partial charge is 0.0386 e. The first-order chi connectivity index (χ1) is 9.31. The zero-order chi connectivity index (χ0) is 14.3. The summed E-state index contributed by atoms with van der Waals surface area (Å²) in [6.07, 6.45) is 14.0. The number of rotatable bonds is 0. The summed E-state index contributed by atoms with van der Waals surface area (Å²) < 4.78 is 0. The molecule has 4 bridgehead atoms. The van der Waals surface area contributed by atoms with Crippen LogP contribution in [-0.2, 0) is 0 Å². The largest absolute Gasteiger partial charge is 0.0683 e. The molecule has 19 heavy (non-hydrogen) atoms. The van der Waals surface area contributed by atoms with E-state index in [0.29, 0.717) is 0 Å². The number of hydrogen-bond donors (Lipinski definition) is 0. The van der Waals surface area contributed by atoms with Gasteiger partial charge in [0, 0.05) is 0 Å². The van der Waals surface area contributed by atoms with E-state index in [4.69, 9.17) is 0 Å². The van der Waals surface area contributed by atoms with Gasteiger partial charge >= 0.3 is 0 Å². The molecule has 0 aromatic rings. The van der Waals surface area contributed by atoms with E-state index in [2.05, 4.69) is 6.92 Å². The van der Waals surface area contributed by atoms with Gasteiger partial charge in [-0.25, -0.2) is 0 Å². The summed E-state index contributed by atoms with van der Waals surface area (Å²) in [5.74, 6) is 5.71. The Hall–Kier alpha value is 0. The molecule has 4 aliphatic carbocycles. The van der Waals surface area contributed by atoms with Crippen LogP contribution in [0.5, 0.6) is 0 Å². The molecule has 0 heterocycles. The predicted octanol–water partition coefficient (Wildman–Crippen LogP) is 6.69. The fourth-order valence-corrected chi connectivity index (χ4v) is 4.74. The van der Waals surface area contributed by atoms with Gasteiger partial charge in [0.1, 0.15) is 0 Å². The molecule has 4 aliphatic rings. The highest BCUT2D eigenvalue weighted by atomic mass is 14.4. The lowest BCUT2D eigenvalue weighted by Crippen LogP contribution is -2.04. The summed E-state index contributed by atoms with van der Waals surface area (Å²) in [5.41, 5.74) is 0. The highest BCUT2D eigenvalue weighted by Crippen LogP contribution is 2.47. The predicted molar refractivity (Wildman–Crippen MR) is 87.4 cm³/mol. The average molecular weight is 267 g/mol. The Morgan fingerprint density at radius 1 is 0.526 bits per heavy atom. The van der Waals surface area contributed by atoms with Gasteiger partial charge in [0.25, 0.3) is 0 Å². The van der Waals surface area contributed by atoms with Crippen LogP contribution >= 0.6 is 0 Å². The first-order valence-electron chi connectivity index (χ1n) is 9.31. The van der Waals surface area contributed by atoms with Crippen molar-refractivity contribution in [2.45, 2.75) is 92.4 Å². The number of fused-ring (bicyclic) bond motifs is 4. The standard InChI is InChI=1S/C8H14.C7H12.2C2H6/c1-6-4-7-2-3-8(6)5-7;1-2-7-4-3-6(1)5-7;2*1-2/h6-8H,2-5H2,1H3;6-7H,1-5H2;2*1-2H3. The van der Waals surface area contributed by atoms with Gasteiger partial charge in [-0.15, -0.1) is 0 Å². The second-order valence-corrected chi connectivity index (χ2v) is 6.77. The monoisotopic (exact) mass is 266 g/mol. The van der Waals surface area contributed by atoms with Crippen molar-refractivity contribution in [2.24, 2.45) is 29.6 Å². The second-order valence-electron chi connectivity index (χ2n) is 6.77. The van der Waals surface area contributed by atoms with Crippen LogP contribution in [0.4, 0.5) is 0 Å². The Balaban J connectivity index is 0.000000152. The van der Waals surface area contributed by atoms with Crippen molar-refractivity contribution in [1.82, 2.24) is 0 Å². The minimum atomic E-state index is 1.08. The molecular formula is C19H38. The van der Waals surface area contributed by atoms with E-state index in [1.165, 1.54) is 11.8 Å². The molecule has 0 N–H and O–H groups in total. The summed E-state index contributed by atoms with van der Waals surface area (Å²) in [5, 5.41) is 0. The maximum atomic E-state index is 2.42. The molecule has 0 amide bonds. The third-order valence-electron chi connectivity index (χ3n) is 5.72. The van der Waals surface area contributed by atoms with Crippen LogP contribution < -0.4 is 0 Å². The van der Waals surface area contributed by atoms with Crippen molar-refractivity contribution in [3.8, 4) is 0 Å². The average Bonchev–Trinajstić information content (AvgIpc) is 3.25. The molecule has 0 saturated heterocycles. The SMILES string of the molecule is C1CC2CCC1C2.CC.CC.CC1CC2CCC1C2. The summed E-state index contributed by atoms with van der Waals surface area (Å²) in [6.45, 7) is 10.4. The van der Waals surface area contributed by atoms with Crippen molar-refractivity contribution in [3.63, 3.8) is 0 Å². The maximum Gasteiger partial charge on any atom is -0.0386 e. The van der Waals surface area contributed by atoms with E-state index in [9.17, 15) is 0 Å². The first kappa shape index (κ1) is 17.1. The van der Waals surface area contributed by atoms with Crippen molar-refractivity contribution >= 4 is 0 Å². The highest BCUT2D eigenvalue weighted by Gasteiger charge is 2.36. The summed E-state index contributed by atoms with van der Waals surface area (Å²) in [4.78, 5) is 0. The van der Waals surface area contributed by atoms with E-state index in [0.717, 1.165) is 17.8 Å². The van der Waals surface area contributed by atoms with E-state index in [-0.39, 0.29) is 0 Å². The summed E-state index contributed by atoms with van der Waals surface area (Å²) >= 11 is 0. The normalized spacial score (nSPS) is 40.6. The molecule has 0 radical (unpaired) electrons. The lowest BCUT2D eigenvalue weighted by molar-refractivity contribution is 0.360. The molecular weight excluding hydrogens is 228 g/mol. The van der Waals surface area contributed by atoms with Crippen LogP contribution in [0.2, 0.25) is 0 Å². The lowest BCUT2D eigenvalue weighted by Gasteiger charge is -2.15. The van der Waals surface area contributed by atoms with Gasteiger partial charge < -0.3 is 0 Å². The van der Waals surface area contributed by atoms with Gasteiger partial charge in [0.2, 0.25) is 0 Å². The van der Waals surface area contributed by atoms with E-state index < -0.39 is 0 Å². The fraction of sp³-hybridized carbons (Fsp3) is 1.00. The third-order valence-corrected chi connectivity index (χ3v) is 5.72. The second kappa shape index (κ2) is 9.03. The third kappa shape index (κ3) is 4.80. The molecule has 3 atom stereocenters. The van der Waals surface area contributed by atoms with Gasteiger partial charge in [-0.3, -0.25) is 0 Å². The molecule has 0 aromatic heterocycles. The van der Waals surface area contributed by atoms with Crippen molar-refractivity contribution in [3.05, 3.63) is 0 Å². The van der Waals surface area contributed by atoms with Crippen LogP contribution in [0, 0.1) is 29.6 Å². The van der Waals surface area contributed by atoms with Crippen LogP contribution in [0.3, 0.4) is 0 Å². The van der Waals surface area contributed by atoms with Crippen LogP contribution in [0.25, 0.3) is 0 Å². The van der Waals surface area contributed by atoms with E-state index >= 15 is 0 Å². The minimum Gasteiger partial charge on any atom is -0.0683 e. The molecule has 4 fully saturated rings. The highest BCUT2D eigenvalue weighted by molar-refractivity contribution is 4.87. The maximum absolute atomic E-state index is 2.42. The molecule has 0 aliphatic heterocycles. The first-order valence-corrected chi connectivity index (χ1v) is 9.31. The molecule has 0 heteroatoms. The Morgan fingerprint density at radius 3 is 1.16 bits per heavy atom. The van der Waals surface area contributed by atoms with Gasteiger partial charge in [0.15, 0.2) is 0 Å². The number of hydrogen-bond acceptors (Lipinski definition) is 0. The zero-order valence-corrected chi connectivity index (χ0v) is 14.3. The molecule has 4 rings (SSSR count). The minimum absolute atomic E-state index is 1.08. The molecule has 4 saturated carbocycles. The lowest BCUT2D eigenvalue weighted by atomic mass is 9.91. The topological polar surface area (TPSA) is 0 Å². The van der Waals surface area contributed by atoms with Crippen LogP contribution in [0.1, 0.15) is 92.4 Å². The fourth-order valence-electron chi connectivity index (χ4n) is 4.74. The van der Waals surface area contributed by atoms with Crippen molar-refractivity contribution in [1.29, 1.82) is 0 Å². The molecule has 114 valence electrons. The Morgan fingerprint density at radius 2 is 1.00 bits per heavy atom. The van der Waals surface area contributed by atoms with Crippen molar-refractivity contribution < 1.29 is 0 Å². The summed E-state index contributed by atoms with van der Waals surface area (Å²) in [6, 6.07) is 0. The van der Waals surface area contributed by atoms with Gasteiger partial charge in [-0.05, 0) is 55.3 Å².